The summed E-state index contributed by atoms with van der Waals surface area (Å²) < 4.78 is 0. The fourth-order valence-corrected chi connectivity index (χ4v) is 1.53. The molecule has 0 aliphatic carbocycles. The minimum atomic E-state index is -0.336. The lowest BCUT2D eigenvalue weighted by molar-refractivity contribution is -0.385. The molecule has 0 atom stereocenters. The highest BCUT2D eigenvalue weighted by Gasteiger charge is 2.11. The average molecular weight is 244 g/mol. The van der Waals surface area contributed by atoms with Crippen molar-refractivity contribution in [3.63, 3.8) is 0 Å². The Labute approximate surface area is 85.0 Å². The van der Waals surface area contributed by atoms with Crippen molar-refractivity contribution in [3.8, 4) is 0 Å². The molecule has 0 N–H and O–H groups in total. The van der Waals surface area contributed by atoms with Crippen LogP contribution in [0.4, 0.5) is 5.69 Å². The van der Waals surface area contributed by atoms with E-state index >= 15 is 0 Å². The van der Waals surface area contributed by atoms with Crippen molar-refractivity contribution in [1.82, 2.24) is 0 Å². The summed E-state index contributed by atoms with van der Waals surface area (Å²) in [6.45, 7) is 1.92. The van der Waals surface area contributed by atoms with E-state index in [1.165, 1.54) is 0 Å². The summed E-state index contributed by atoms with van der Waals surface area (Å²) >= 11 is 3.31. The van der Waals surface area contributed by atoms with E-state index in [9.17, 15) is 10.1 Å². The molecule has 0 aliphatic heterocycles. The summed E-state index contributed by atoms with van der Waals surface area (Å²) in [6, 6.07) is 5.20. The Balaban J connectivity index is 3.15. The van der Waals surface area contributed by atoms with Gasteiger partial charge in [0.05, 0.1) is 4.92 Å². The number of nitrogens with zero attached hydrogens (tertiary/aromatic N) is 1. The number of hydrogen-bond acceptors (Lipinski definition) is 2. The number of hydrogen-bond donors (Lipinski definition) is 0. The lowest BCUT2D eigenvalue weighted by Gasteiger charge is -2.01. The zero-order chi connectivity index (χ0) is 9.84. The van der Waals surface area contributed by atoms with Crippen LogP contribution in [0.5, 0.6) is 0 Å². The molecule has 4 heteroatoms. The van der Waals surface area contributed by atoms with Crippen molar-refractivity contribution in [1.29, 1.82) is 0 Å². The van der Waals surface area contributed by atoms with Gasteiger partial charge in [-0.2, -0.15) is 0 Å². The van der Waals surface area contributed by atoms with Crippen LogP contribution in [0.1, 0.15) is 18.1 Å². The summed E-state index contributed by atoms with van der Waals surface area (Å²) in [5.74, 6) is 0. The fraction of sp³-hybridized carbons (Fsp3) is 0.333. The lowest BCUT2D eigenvalue weighted by atomic mass is 10.1. The van der Waals surface area contributed by atoms with Gasteiger partial charge in [-0.3, -0.25) is 10.1 Å². The van der Waals surface area contributed by atoms with Gasteiger partial charge in [0, 0.05) is 17.0 Å². The molecule has 0 aliphatic rings. The average Bonchev–Trinajstić information content (AvgIpc) is 2.16. The molecular formula is C9H10BrNO2. The molecule has 13 heavy (non-hydrogen) atoms. The van der Waals surface area contributed by atoms with Gasteiger partial charge in [0.25, 0.3) is 5.69 Å². The molecule has 0 saturated heterocycles. The van der Waals surface area contributed by atoms with Gasteiger partial charge in [-0.05, 0) is 18.1 Å². The normalized spacial score (nSPS) is 10.0. The third kappa shape index (κ3) is 2.28. The molecule has 1 aromatic rings. The Morgan fingerprint density at radius 1 is 1.54 bits per heavy atom. The molecule has 0 bridgehead atoms. The van der Waals surface area contributed by atoms with Crippen LogP contribution in [0.3, 0.4) is 0 Å². The number of aryl methyl sites for hydroxylation is 1. The molecule has 3 nitrogen and oxygen atoms in total. The number of halogens is 1. The van der Waals surface area contributed by atoms with Crippen molar-refractivity contribution in [2.24, 2.45) is 0 Å². The Morgan fingerprint density at radius 2 is 2.23 bits per heavy atom. The molecule has 0 radical (unpaired) electrons. The van der Waals surface area contributed by atoms with E-state index in [1.54, 1.807) is 12.1 Å². The Morgan fingerprint density at radius 3 is 2.69 bits per heavy atom. The van der Waals surface area contributed by atoms with Crippen LogP contribution in [0.2, 0.25) is 0 Å². The Hall–Kier alpha value is -0.900. The van der Waals surface area contributed by atoms with Crippen LogP contribution in [-0.4, -0.2) is 4.92 Å². The molecule has 0 unspecified atom stereocenters. The standard InChI is InChI=1S/C9H10BrNO2/c1-2-8-5-7(6-10)3-4-9(8)11(12)13/h3-5H,2,6H2,1H3. The highest BCUT2D eigenvalue weighted by molar-refractivity contribution is 9.08. The minimum absolute atomic E-state index is 0.215. The van der Waals surface area contributed by atoms with Crippen LogP contribution in [0, 0.1) is 10.1 Å². The topological polar surface area (TPSA) is 43.1 Å². The van der Waals surface area contributed by atoms with Gasteiger partial charge in [-0.1, -0.05) is 28.9 Å². The predicted molar refractivity (Wildman–Crippen MR) is 55.1 cm³/mol. The number of benzene rings is 1. The second kappa shape index (κ2) is 4.37. The molecule has 0 aromatic heterocycles. The lowest BCUT2D eigenvalue weighted by Crippen LogP contribution is -1.95. The van der Waals surface area contributed by atoms with E-state index in [-0.39, 0.29) is 10.6 Å². The Bertz CT molecular complexity index is 325. The summed E-state index contributed by atoms with van der Waals surface area (Å²) in [5, 5.41) is 11.3. The van der Waals surface area contributed by atoms with Gasteiger partial charge in [-0.15, -0.1) is 0 Å². The maximum atomic E-state index is 10.6. The molecule has 0 heterocycles. The van der Waals surface area contributed by atoms with Gasteiger partial charge in [-0.25, -0.2) is 0 Å². The maximum Gasteiger partial charge on any atom is 0.272 e. The second-order valence-corrected chi connectivity index (χ2v) is 3.27. The highest BCUT2D eigenvalue weighted by atomic mass is 79.9. The molecule has 0 saturated carbocycles. The van der Waals surface area contributed by atoms with E-state index in [2.05, 4.69) is 15.9 Å². The van der Waals surface area contributed by atoms with Crippen molar-refractivity contribution in [3.05, 3.63) is 39.4 Å². The van der Waals surface area contributed by atoms with E-state index in [0.717, 1.165) is 16.5 Å². The SMILES string of the molecule is CCc1cc(CBr)ccc1[N+](=O)[O-]. The zero-order valence-corrected chi connectivity index (χ0v) is 8.87. The van der Waals surface area contributed by atoms with E-state index in [0.29, 0.717) is 6.42 Å². The zero-order valence-electron chi connectivity index (χ0n) is 7.29. The molecule has 0 amide bonds. The number of alkyl halides is 1. The van der Waals surface area contributed by atoms with E-state index < -0.39 is 0 Å². The molecular weight excluding hydrogens is 234 g/mol. The fourth-order valence-electron chi connectivity index (χ4n) is 1.18. The van der Waals surface area contributed by atoms with Crippen molar-refractivity contribution >= 4 is 21.6 Å². The quantitative estimate of drug-likeness (QED) is 0.466. The van der Waals surface area contributed by atoms with Crippen molar-refractivity contribution < 1.29 is 4.92 Å². The third-order valence-electron chi connectivity index (χ3n) is 1.88. The van der Waals surface area contributed by atoms with Crippen LogP contribution in [0.15, 0.2) is 18.2 Å². The van der Waals surface area contributed by atoms with E-state index in [4.69, 9.17) is 0 Å². The van der Waals surface area contributed by atoms with Gasteiger partial charge in [0.1, 0.15) is 0 Å². The minimum Gasteiger partial charge on any atom is -0.258 e. The summed E-state index contributed by atoms with van der Waals surface area (Å²) in [7, 11) is 0. The molecule has 0 fully saturated rings. The second-order valence-electron chi connectivity index (χ2n) is 2.71. The Kier molecular flexibility index (Phi) is 3.42. The molecule has 1 rings (SSSR count). The summed E-state index contributed by atoms with van der Waals surface area (Å²) in [5.41, 5.74) is 2.08. The van der Waals surface area contributed by atoms with Crippen molar-refractivity contribution in [2.45, 2.75) is 18.7 Å². The van der Waals surface area contributed by atoms with Gasteiger partial charge >= 0.3 is 0 Å². The first-order valence-electron chi connectivity index (χ1n) is 4.01. The first-order chi connectivity index (χ1) is 6.19. The first-order valence-corrected chi connectivity index (χ1v) is 5.13. The van der Waals surface area contributed by atoms with Crippen LogP contribution in [-0.2, 0) is 11.8 Å². The molecule has 1 aromatic carbocycles. The predicted octanol–water partition coefficient (Wildman–Crippen LogP) is 3.05. The van der Waals surface area contributed by atoms with Gasteiger partial charge in [0.2, 0.25) is 0 Å². The number of nitro groups is 1. The van der Waals surface area contributed by atoms with Crippen molar-refractivity contribution in [2.75, 3.05) is 0 Å². The van der Waals surface area contributed by atoms with E-state index in [1.807, 2.05) is 13.0 Å². The molecule has 70 valence electrons. The molecule has 0 spiro atoms. The van der Waals surface area contributed by atoms with Crippen LogP contribution < -0.4 is 0 Å². The van der Waals surface area contributed by atoms with Gasteiger partial charge < -0.3 is 0 Å². The highest BCUT2D eigenvalue weighted by Crippen LogP contribution is 2.21. The number of rotatable bonds is 3. The first kappa shape index (κ1) is 10.2. The van der Waals surface area contributed by atoms with Crippen LogP contribution in [0.25, 0.3) is 0 Å². The summed E-state index contributed by atoms with van der Waals surface area (Å²) in [6.07, 6.45) is 0.692. The van der Waals surface area contributed by atoms with Crippen LogP contribution >= 0.6 is 15.9 Å². The summed E-state index contributed by atoms with van der Waals surface area (Å²) in [4.78, 5) is 10.2. The maximum absolute atomic E-state index is 10.6. The number of nitro benzene ring substituents is 1. The monoisotopic (exact) mass is 243 g/mol. The third-order valence-corrected chi connectivity index (χ3v) is 2.52. The van der Waals surface area contributed by atoms with Gasteiger partial charge in [0.15, 0.2) is 0 Å². The largest absolute Gasteiger partial charge is 0.272 e. The smallest absolute Gasteiger partial charge is 0.258 e.